The van der Waals surface area contributed by atoms with E-state index in [0.717, 1.165) is 24.0 Å². The summed E-state index contributed by atoms with van der Waals surface area (Å²) in [6.07, 6.45) is 7.30. The van der Waals surface area contributed by atoms with Crippen LogP contribution in [0, 0.1) is 12.0 Å². The van der Waals surface area contributed by atoms with Crippen molar-refractivity contribution >= 4 is 11.8 Å². The molecule has 1 aliphatic carbocycles. The topological polar surface area (TPSA) is 63.4 Å². The van der Waals surface area contributed by atoms with Crippen molar-refractivity contribution in [3.63, 3.8) is 0 Å². The van der Waals surface area contributed by atoms with E-state index in [2.05, 4.69) is 6.07 Å². The van der Waals surface area contributed by atoms with E-state index < -0.39 is 11.9 Å². The van der Waals surface area contributed by atoms with Crippen LogP contribution in [0.15, 0.2) is 18.2 Å². The smallest absolute Gasteiger partial charge is 0.244 e. The van der Waals surface area contributed by atoms with Gasteiger partial charge in [-0.15, -0.1) is 0 Å². The molecule has 117 valence electrons. The summed E-state index contributed by atoms with van der Waals surface area (Å²) >= 11 is 0. The molecule has 22 heavy (non-hydrogen) atoms. The number of amides is 2. The number of nitrogens with two attached hydrogens (primary N) is 1. The molecule has 1 unspecified atom stereocenters. The summed E-state index contributed by atoms with van der Waals surface area (Å²) in [7, 11) is 0. The number of fused-ring (bicyclic) bond motifs is 1. The lowest BCUT2D eigenvalue weighted by molar-refractivity contribution is -0.140. The SMILES string of the molecule is NC(=O)C1c2cc[c]cc2CCN1C(=O)CCC1CCCC1. The molecule has 0 spiro atoms. The lowest BCUT2D eigenvalue weighted by Gasteiger charge is -2.35. The second-order valence-electron chi connectivity index (χ2n) is 6.46. The molecule has 1 atom stereocenters. The van der Waals surface area contributed by atoms with E-state index in [1.54, 1.807) is 11.0 Å². The average molecular weight is 299 g/mol. The summed E-state index contributed by atoms with van der Waals surface area (Å²) in [5, 5.41) is 0. The fourth-order valence-corrected chi connectivity index (χ4v) is 3.84. The molecule has 0 bridgehead atoms. The molecule has 1 aromatic carbocycles. The molecule has 1 radical (unpaired) electrons. The van der Waals surface area contributed by atoms with Gasteiger partial charge >= 0.3 is 0 Å². The minimum absolute atomic E-state index is 0.0641. The van der Waals surface area contributed by atoms with Crippen LogP contribution in [0.2, 0.25) is 0 Å². The Morgan fingerprint density at radius 2 is 2.09 bits per heavy atom. The summed E-state index contributed by atoms with van der Waals surface area (Å²) in [6.45, 7) is 0.571. The fraction of sp³-hybridized carbons (Fsp3) is 0.556. The Labute approximate surface area is 131 Å². The van der Waals surface area contributed by atoms with Crippen LogP contribution in [0.4, 0.5) is 0 Å². The highest BCUT2D eigenvalue weighted by Gasteiger charge is 2.34. The van der Waals surface area contributed by atoms with Gasteiger partial charge in [0.2, 0.25) is 11.8 Å². The number of hydrogen-bond acceptors (Lipinski definition) is 2. The highest BCUT2D eigenvalue weighted by atomic mass is 16.2. The predicted molar refractivity (Wildman–Crippen MR) is 83.8 cm³/mol. The van der Waals surface area contributed by atoms with E-state index in [0.29, 0.717) is 18.9 Å². The van der Waals surface area contributed by atoms with E-state index in [4.69, 9.17) is 5.73 Å². The van der Waals surface area contributed by atoms with Crippen LogP contribution < -0.4 is 5.73 Å². The summed E-state index contributed by atoms with van der Waals surface area (Å²) in [6, 6.07) is 7.95. The summed E-state index contributed by atoms with van der Waals surface area (Å²) in [5.41, 5.74) is 7.53. The fourth-order valence-electron chi connectivity index (χ4n) is 3.84. The Morgan fingerprint density at radius 1 is 1.32 bits per heavy atom. The van der Waals surface area contributed by atoms with Gasteiger partial charge in [-0.25, -0.2) is 0 Å². The van der Waals surface area contributed by atoms with Crippen LogP contribution in [-0.4, -0.2) is 23.3 Å². The summed E-state index contributed by atoms with van der Waals surface area (Å²) in [5.74, 6) is 0.304. The first-order valence-corrected chi connectivity index (χ1v) is 8.24. The van der Waals surface area contributed by atoms with Crippen molar-refractivity contribution in [2.45, 2.75) is 51.0 Å². The lowest BCUT2D eigenvalue weighted by atomic mass is 9.91. The van der Waals surface area contributed by atoms with Crippen molar-refractivity contribution in [2.75, 3.05) is 6.54 Å². The first-order valence-electron chi connectivity index (χ1n) is 8.24. The largest absolute Gasteiger partial charge is 0.368 e. The molecule has 2 amide bonds. The van der Waals surface area contributed by atoms with Crippen LogP contribution in [0.5, 0.6) is 0 Å². The Morgan fingerprint density at radius 3 is 2.82 bits per heavy atom. The van der Waals surface area contributed by atoms with E-state index in [9.17, 15) is 9.59 Å². The number of nitrogens with zero attached hydrogens (tertiary/aromatic N) is 1. The van der Waals surface area contributed by atoms with Crippen molar-refractivity contribution in [3.8, 4) is 0 Å². The first kappa shape index (κ1) is 15.1. The molecule has 2 aliphatic rings. The van der Waals surface area contributed by atoms with Gasteiger partial charge in [-0.3, -0.25) is 9.59 Å². The molecular weight excluding hydrogens is 276 g/mol. The van der Waals surface area contributed by atoms with Gasteiger partial charge in [-0.2, -0.15) is 0 Å². The third-order valence-electron chi connectivity index (χ3n) is 5.05. The van der Waals surface area contributed by atoms with Crippen LogP contribution in [0.25, 0.3) is 0 Å². The Hall–Kier alpha value is -1.84. The highest BCUT2D eigenvalue weighted by molar-refractivity contribution is 5.88. The second kappa shape index (κ2) is 6.51. The second-order valence-corrected chi connectivity index (χ2v) is 6.46. The zero-order chi connectivity index (χ0) is 15.5. The zero-order valence-electron chi connectivity index (χ0n) is 12.9. The molecule has 1 aliphatic heterocycles. The molecule has 1 heterocycles. The van der Waals surface area contributed by atoms with E-state index >= 15 is 0 Å². The lowest BCUT2D eigenvalue weighted by Crippen LogP contribution is -2.45. The Bertz CT molecular complexity index is 564. The van der Waals surface area contributed by atoms with Crippen molar-refractivity contribution in [1.29, 1.82) is 0 Å². The maximum absolute atomic E-state index is 12.6. The molecule has 1 fully saturated rings. The van der Waals surface area contributed by atoms with Crippen molar-refractivity contribution < 1.29 is 9.59 Å². The molecule has 0 saturated heterocycles. The number of carbonyl (C=O) groups is 2. The quantitative estimate of drug-likeness (QED) is 0.927. The van der Waals surface area contributed by atoms with Gasteiger partial charge in [-0.1, -0.05) is 43.9 Å². The minimum Gasteiger partial charge on any atom is -0.368 e. The Kier molecular flexibility index (Phi) is 4.46. The number of rotatable bonds is 4. The molecule has 1 aromatic rings. The summed E-state index contributed by atoms with van der Waals surface area (Å²) in [4.78, 5) is 26.2. The van der Waals surface area contributed by atoms with Crippen molar-refractivity contribution in [2.24, 2.45) is 11.7 Å². The van der Waals surface area contributed by atoms with Crippen LogP contribution in [0.3, 0.4) is 0 Å². The minimum atomic E-state index is -0.616. The number of carbonyl (C=O) groups excluding carboxylic acids is 2. The average Bonchev–Trinajstić information content (AvgIpc) is 3.04. The molecule has 1 saturated carbocycles. The van der Waals surface area contributed by atoms with E-state index in [1.807, 2.05) is 12.1 Å². The van der Waals surface area contributed by atoms with Gasteiger partial charge in [0.25, 0.3) is 0 Å². The standard InChI is InChI=1S/C18H23N2O2/c19-18(22)17-15-8-4-3-7-14(15)11-12-20(17)16(21)10-9-13-5-1-2-6-13/h4,7-8,13,17H,1-2,5-6,9-12H2,(H2,19,22). The molecule has 2 N–H and O–H groups in total. The monoisotopic (exact) mass is 299 g/mol. The van der Waals surface area contributed by atoms with E-state index in [-0.39, 0.29) is 5.91 Å². The predicted octanol–water partition coefficient (Wildman–Crippen LogP) is 2.37. The zero-order valence-corrected chi connectivity index (χ0v) is 12.9. The van der Waals surface area contributed by atoms with E-state index in [1.165, 1.54) is 25.7 Å². The third kappa shape index (κ3) is 3.01. The molecule has 3 rings (SSSR count). The third-order valence-corrected chi connectivity index (χ3v) is 5.05. The summed E-state index contributed by atoms with van der Waals surface area (Å²) < 4.78 is 0. The van der Waals surface area contributed by atoms with Gasteiger partial charge < -0.3 is 10.6 Å². The maximum atomic E-state index is 12.6. The van der Waals surface area contributed by atoms with Crippen molar-refractivity contribution in [1.82, 2.24) is 4.90 Å². The maximum Gasteiger partial charge on any atom is 0.244 e. The molecule has 0 aromatic heterocycles. The van der Waals surface area contributed by atoms with Gasteiger partial charge in [0.15, 0.2) is 0 Å². The van der Waals surface area contributed by atoms with Crippen LogP contribution >= 0.6 is 0 Å². The first-order chi connectivity index (χ1) is 10.7. The van der Waals surface area contributed by atoms with Gasteiger partial charge in [0.05, 0.1) is 0 Å². The normalized spacial score (nSPS) is 21.6. The number of benzene rings is 1. The number of hydrogen-bond donors (Lipinski definition) is 1. The van der Waals surface area contributed by atoms with Gasteiger partial charge in [0.1, 0.15) is 6.04 Å². The highest BCUT2D eigenvalue weighted by Crippen LogP contribution is 2.32. The Balaban J connectivity index is 1.72. The van der Waals surface area contributed by atoms with Crippen molar-refractivity contribution in [3.05, 3.63) is 35.4 Å². The molecule has 4 nitrogen and oxygen atoms in total. The van der Waals surface area contributed by atoms with Gasteiger partial charge in [0, 0.05) is 13.0 Å². The van der Waals surface area contributed by atoms with Gasteiger partial charge in [-0.05, 0) is 36.0 Å². The number of primary amides is 1. The van der Waals surface area contributed by atoms with Crippen LogP contribution in [0.1, 0.15) is 55.7 Å². The molecule has 4 heteroatoms. The van der Waals surface area contributed by atoms with Crippen LogP contribution in [-0.2, 0) is 16.0 Å². The molecular formula is C18H23N2O2.